The summed E-state index contributed by atoms with van der Waals surface area (Å²) in [6.45, 7) is 3.37. The Morgan fingerprint density at radius 3 is 2.56 bits per heavy atom. The van der Waals surface area contributed by atoms with Crippen molar-refractivity contribution in [2.75, 3.05) is 13.2 Å². The summed E-state index contributed by atoms with van der Waals surface area (Å²) in [6, 6.07) is 9.96. The molecule has 2 unspecified atom stereocenters. The molecule has 0 N–H and O–H groups in total. The minimum atomic E-state index is -3.67. The Morgan fingerprint density at radius 2 is 1.89 bits per heavy atom. The van der Waals surface area contributed by atoms with E-state index in [1.165, 1.54) is 6.92 Å². The molecule has 0 radical (unpaired) electrons. The third kappa shape index (κ3) is 6.83. The predicted molar refractivity (Wildman–Crippen MR) is 97.8 cm³/mol. The van der Waals surface area contributed by atoms with Crippen molar-refractivity contribution in [1.29, 1.82) is 0 Å². The van der Waals surface area contributed by atoms with Crippen LogP contribution in [-0.2, 0) is 22.6 Å². The van der Waals surface area contributed by atoms with E-state index in [2.05, 4.69) is 4.98 Å². The Balaban J connectivity index is 1.70. The maximum atomic E-state index is 13.5. The van der Waals surface area contributed by atoms with E-state index in [4.69, 9.17) is 21.1 Å². The van der Waals surface area contributed by atoms with Crippen LogP contribution >= 0.6 is 11.6 Å². The van der Waals surface area contributed by atoms with Gasteiger partial charge in [-0.25, -0.2) is 18.2 Å². The number of hydrogen-bond donors (Lipinski definition) is 0. The number of benzene rings is 1. The number of ether oxygens (including phenoxy) is 2. The van der Waals surface area contributed by atoms with Crippen molar-refractivity contribution in [3.05, 3.63) is 54.1 Å². The second-order valence-corrected chi connectivity index (χ2v) is 7.20. The molecule has 0 fully saturated rings. The van der Waals surface area contributed by atoms with Gasteiger partial charge in [0.25, 0.3) is 5.92 Å². The zero-order valence-corrected chi connectivity index (χ0v) is 16.1. The van der Waals surface area contributed by atoms with Gasteiger partial charge in [0.2, 0.25) is 5.13 Å². The number of rotatable bonds is 11. The van der Waals surface area contributed by atoms with Crippen LogP contribution in [0.2, 0.25) is 0 Å². The second-order valence-electron chi connectivity index (χ2n) is 6.49. The van der Waals surface area contributed by atoms with Crippen LogP contribution < -0.4 is 0 Å². The number of hydrogen-bond acceptors (Lipinski definition) is 3. The third-order valence-electron chi connectivity index (χ3n) is 4.04. The zero-order chi connectivity index (χ0) is 19.9. The summed E-state index contributed by atoms with van der Waals surface area (Å²) in [5, 5.41) is -3.10. The first-order chi connectivity index (χ1) is 12.7. The highest BCUT2D eigenvalue weighted by Gasteiger charge is 2.50. The lowest BCUT2D eigenvalue weighted by molar-refractivity contribution is -0.123. The Bertz CT molecular complexity index is 690. The van der Waals surface area contributed by atoms with Gasteiger partial charge in [0.05, 0.1) is 19.3 Å². The van der Waals surface area contributed by atoms with Gasteiger partial charge in [-0.1, -0.05) is 41.9 Å². The summed E-state index contributed by atoms with van der Waals surface area (Å²) in [6.07, 6.45) is 1.91. The molecule has 0 saturated heterocycles. The minimum absolute atomic E-state index is 0.113. The molecule has 4 nitrogen and oxygen atoms in total. The summed E-state index contributed by atoms with van der Waals surface area (Å²) in [7, 11) is 0. The van der Waals surface area contributed by atoms with Crippen LogP contribution in [0.1, 0.15) is 31.7 Å². The minimum Gasteiger partial charge on any atom is -0.376 e. The molecule has 2 aromatic rings. The maximum absolute atomic E-state index is 13.5. The fraction of sp³-hybridized carbons (Fsp3) is 0.526. The highest BCUT2D eigenvalue weighted by atomic mass is 35.5. The molecule has 0 spiro atoms. The van der Waals surface area contributed by atoms with Crippen LogP contribution in [0.3, 0.4) is 0 Å². The molecule has 0 aliphatic carbocycles. The Hall–Kier alpha value is -1.57. The van der Waals surface area contributed by atoms with E-state index in [0.717, 1.165) is 11.4 Å². The summed E-state index contributed by atoms with van der Waals surface area (Å²) in [4.78, 5) is 4.26. The molecule has 1 aromatic heterocycles. The van der Waals surface area contributed by atoms with Gasteiger partial charge in [-0.2, -0.15) is 0 Å². The molecule has 2 atom stereocenters. The van der Waals surface area contributed by atoms with E-state index in [1.54, 1.807) is 6.20 Å². The summed E-state index contributed by atoms with van der Waals surface area (Å²) in [5.41, 5.74) is 1.15. The van der Waals surface area contributed by atoms with Gasteiger partial charge in [0.15, 0.2) is 0 Å². The average Bonchev–Trinajstić information content (AvgIpc) is 3.01. The van der Waals surface area contributed by atoms with Crippen molar-refractivity contribution in [3.63, 3.8) is 0 Å². The molecule has 150 valence electrons. The van der Waals surface area contributed by atoms with Crippen molar-refractivity contribution < 1.29 is 22.6 Å². The van der Waals surface area contributed by atoms with Crippen LogP contribution in [0.4, 0.5) is 13.2 Å². The normalized spacial score (nSPS) is 15.5. The third-order valence-corrected chi connectivity index (χ3v) is 4.32. The van der Waals surface area contributed by atoms with Crippen molar-refractivity contribution in [2.24, 2.45) is 0 Å². The van der Waals surface area contributed by atoms with Gasteiger partial charge in [-0.3, -0.25) is 0 Å². The van der Waals surface area contributed by atoms with E-state index in [0.29, 0.717) is 13.5 Å². The first-order valence-corrected chi connectivity index (χ1v) is 9.06. The number of nitrogens with zero attached hydrogens (tertiary/aromatic N) is 2. The molecule has 27 heavy (non-hydrogen) atoms. The van der Waals surface area contributed by atoms with Gasteiger partial charge < -0.3 is 14.0 Å². The number of aromatic nitrogens is 2. The summed E-state index contributed by atoms with van der Waals surface area (Å²) < 4.78 is 53.1. The molecule has 0 bridgehead atoms. The SMILES string of the molecule is CC(CC(F)(F)C(C)(F)Cl)OCCOCc1nccn1Cc1ccccc1. The van der Waals surface area contributed by atoms with Crippen LogP contribution in [0, 0.1) is 0 Å². The molecular weight excluding hydrogens is 381 g/mol. The van der Waals surface area contributed by atoms with E-state index >= 15 is 0 Å². The maximum Gasteiger partial charge on any atom is 0.297 e. The predicted octanol–water partition coefficient (Wildman–Crippen LogP) is 4.80. The largest absolute Gasteiger partial charge is 0.376 e. The van der Waals surface area contributed by atoms with E-state index < -0.39 is 23.6 Å². The first kappa shape index (κ1) is 21.7. The molecule has 0 aliphatic rings. The van der Waals surface area contributed by atoms with Gasteiger partial charge >= 0.3 is 0 Å². The fourth-order valence-corrected chi connectivity index (χ4v) is 2.55. The fourth-order valence-electron chi connectivity index (χ4n) is 2.48. The highest BCUT2D eigenvalue weighted by molar-refractivity contribution is 6.23. The lowest BCUT2D eigenvalue weighted by Gasteiger charge is -2.27. The van der Waals surface area contributed by atoms with Gasteiger partial charge in [-0.05, 0) is 19.4 Å². The molecule has 0 saturated carbocycles. The van der Waals surface area contributed by atoms with Crippen LogP contribution in [-0.4, -0.2) is 39.9 Å². The lowest BCUT2D eigenvalue weighted by atomic mass is 10.1. The molecule has 0 amide bonds. The number of halogens is 4. The lowest BCUT2D eigenvalue weighted by Crippen LogP contribution is -2.39. The summed E-state index contributed by atoms with van der Waals surface area (Å²) >= 11 is 5.08. The zero-order valence-electron chi connectivity index (χ0n) is 15.4. The van der Waals surface area contributed by atoms with E-state index in [9.17, 15) is 13.2 Å². The van der Waals surface area contributed by atoms with E-state index in [-0.39, 0.29) is 19.8 Å². The number of alkyl halides is 4. The molecule has 1 aromatic carbocycles. The van der Waals surface area contributed by atoms with Gasteiger partial charge in [0, 0.05) is 25.4 Å². The molecular formula is C19H24ClF3N2O2. The standard InChI is InChI=1S/C19H24ClF3N2O2/c1-15(12-19(22,23)18(2,20)21)27-11-10-26-14-17-24-8-9-25(17)13-16-6-4-3-5-7-16/h3-9,15H,10-14H2,1-2H3. The van der Waals surface area contributed by atoms with Crippen molar-refractivity contribution >= 4 is 11.6 Å². The quantitative estimate of drug-likeness (QED) is 0.398. The number of imidazole rings is 1. The average molecular weight is 405 g/mol. The smallest absolute Gasteiger partial charge is 0.297 e. The van der Waals surface area contributed by atoms with Gasteiger partial charge in [0.1, 0.15) is 12.4 Å². The van der Waals surface area contributed by atoms with Crippen LogP contribution in [0.5, 0.6) is 0 Å². The van der Waals surface area contributed by atoms with Crippen molar-refractivity contribution in [2.45, 2.75) is 50.6 Å². The van der Waals surface area contributed by atoms with Crippen LogP contribution in [0.25, 0.3) is 0 Å². The molecule has 2 rings (SSSR count). The summed E-state index contributed by atoms with van der Waals surface area (Å²) in [5.74, 6) is -2.91. The topological polar surface area (TPSA) is 36.3 Å². The molecule has 1 heterocycles. The molecule has 0 aliphatic heterocycles. The molecule has 8 heteroatoms. The second kappa shape index (κ2) is 9.57. The van der Waals surface area contributed by atoms with Crippen molar-refractivity contribution in [3.8, 4) is 0 Å². The highest BCUT2D eigenvalue weighted by Crippen LogP contribution is 2.39. The first-order valence-electron chi connectivity index (χ1n) is 8.68. The Kier molecular flexibility index (Phi) is 7.70. The van der Waals surface area contributed by atoms with Crippen molar-refractivity contribution in [1.82, 2.24) is 9.55 Å². The Labute approximate surface area is 162 Å². The Morgan fingerprint density at radius 1 is 1.19 bits per heavy atom. The van der Waals surface area contributed by atoms with Crippen LogP contribution in [0.15, 0.2) is 42.7 Å². The monoisotopic (exact) mass is 404 g/mol. The van der Waals surface area contributed by atoms with E-state index in [1.807, 2.05) is 41.1 Å². The van der Waals surface area contributed by atoms with Gasteiger partial charge in [-0.15, -0.1) is 0 Å².